The van der Waals surface area contributed by atoms with Gasteiger partial charge in [0.05, 0.1) is 13.2 Å². The number of hydrogen-bond donors (Lipinski definition) is 0. The normalized spacial score (nSPS) is 27.2. The van der Waals surface area contributed by atoms with Gasteiger partial charge in [-0.15, -0.1) is 0 Å². The van der Waals surface area contributed by atoms with E-state index in [4.69, 9.17) is 25.8 Å². The van der Waals surface area contributed by atoms with Crippen molar-refractivity contribution in [3.8, 4) is 0 Å². The van der Waals surface area contributed by atoms with Gasteiger partial charge in [-0.2, -0.15) is 0 Å². The minimum absolute atomic E-state index is 0.115. The third-order valence-electron chi connectivity index (χ3n) is 2.41. The van der Waals surface area contributed by atoms with Crippen LogP contribution >= 0.6 is 11.6 Å². The second-order valence-electron chi connectivity index (χ2n) is 3.27. The first kappa shape index (κ1) is 10.7. The quantitative estimate of drug-likeness (QED) is 0.642. The lowest BCUT2D eigenvalue weighted by Gasteiger charge is -2.31. The van der Waals surface area contributed by atoms with Crippen molar-refractivity contribution in [2.45, 2.75) is 6.29 Å². The maximum Gasteiger partial charge on any atom is 0.354 e. The summed E-state index contributed by atoms with van der Waals surface area (Å²) in [5.41, 5.74) is 0.618. The number of morpholine rings is 1. The number of cyclic esters (lactones) is 1. The molecule has 5 nitrogen and oxygen atoms in total. The van der Waals surface area contributed by atoms with Crippen LogP contribution in [-0.2, 0) is 19.0 Å². The molecule has 0 bridgehead atoms. The van der Waals surface area contributed by atoms with Crippen molar-refractivity contribution in [3.05, 3.63) is 10.7 Å². The third kappa shape index (κ3) is 1.95. The molecule has 0 radical (unpaired) electrons. The van der Waals surface area contributed by atoms with Crippen LogP contribution in [0.1, 0.15) is 0 Å². The molecule has 0 spiro atoms. The molecule has 2 aliphatic rings. The number of ether oxygens (including phenoxy) is 3. The van der Waals surface area contributed by atoms with Crippen molar-refractivity contribution < 1.29 is 19.0 Å². The predicted molar refractivity (Wildman–Crippen MR) is 52.2 cm³/mol. The van der Waals surface area contributed by atoms with Crippen LogP contribution in [0, 0.1) is 0 Å². The molecule has 15 heavy (non-hydrogen) atoms. The van der Waals surface area contributed by atoms with Crippen molar-refractivity contribution in [1.29, 1.82) is 0 Å². The summed E-state index contributed by atoms with van der Waals surface area (Å²) < 4.78 is 15.2. The number of carbonyl (C=O) groups excluding carboxylic acids is 1. The van der Waals surface area contributed by atoms with Gasteiger partial charge in [0.25, 0.3) is 0 Å². The first-order chi connectivity index (χ1) is 7.24. The van der Waals surface area contributed by atoms with E-state index >= 15 is 0 Å². The molecule has 0 amide bonds. The van der Waals surface area contributed by atoms with Gasteiger partial charge in [0.1, 0.15) is 5.70 Å². The Labute approximate surface area is 92.5 Å². The fourth-order valence-electron chi connectivity index (χ4n) is 1.66. The zero-order chi connectivity index (χ0) is 10.8. The summed E-state index contributed by atoms with van der Waals surface area (Å²) in [6, 6.07) is 0. The van der Waals surface area contributed by atoms with Gasteiger partial charge in [-0.3, -0.25) is 0 Å². The third-order valence-corrected chi connectivity index (χ3v) is 2.76. The smallest absolute Gasteiger partial charge is 0.354 e. The minimum Gasteiger partial charge on any atom is -0.425 e. The Bertz CT molecular complexity index is 298. The van der Waals surface area contributed by atoms with Crippen LogP contribution < -0.4 is 0 Å². The van der Waals surface area contributed by atoms with Crippen LogP contribution in [0.5, 0.6) is 0 Å². The van der Waals surface area contributed by atoms with E-state index in [1.807, 2.05) is 4.90 Å². The van der Waals surface area contributed by atoms with Crippen molar-refractivity contribution in [3.63, 3.8) is 0 Å². The molecule has 0 aromatic carbocycles. The molecule has 0 aromatic rings. The second kappa shape index (κ2) is 4.38. The molecule has 2 aliphatic heterocycles. The van der Waals surface area contributed by atoms with Gasteiger partial charge in [-0.25, -0.2) is 4.79 Å². The van der Waals surface area contributed by atoms with Crippen molar-refractivity contribution in [2.24, 2.45) is 0 Å². The Hall–Kier alpha value is -0.780. The van der Waals surface area contributed by atoms with Gasteiger partial charge in [-0.05, 0) is 0 Å². The number of nitrogens with zero attached hydrogens (tertiary/aromatic N) is 1. The Morgan fingerprint density at radius 1 is 1.47 bits per heavy atom. The molecular weight excluding hydrogens is 222 g/mol. The largest absolute Gasteiger partial charge is 0.425 e. The molecule has 1 saturated heterocycles. The molecule has 2 heterocycles. The van der Waals surface area contributed by atoms with E-state index in [9.17, 15) is 4.79 Å². The van der Waals surface area contributed by atoms with Gasteiger partial charge in [0.2, 0.25) is 6.29 Å². The fourth-order valence-corrected chi connectivity index (χ4v) is 1.92. The lowest BCUT2D eigenvalue weighted by molar-refractivity contribution is -0.157. The predicted octanol–water partition coefficient (Wildman–Crippen LogP) is 0.298. The van der Waals surface area contributed by atoms with Gasteiger partial charge in [0, 0.05) is 20.2 Å². The fraction of sp³-hybridized carbons (Fsp3) is 0.667. The highest BCUT2D eigenvalue weighted by Crippen LogP contribution is 2.29. The van der Waals surface area contributed by atoms with E-state index in [1.165, 1.54) is 7.11 Å². The molecule has 0 aliphatic carbocycles. The van der Waals surface area contributed by atoms with Gasteiger partial charge in [-0.1, -0.05) is 11.6 Å². The maximum atomic E-state index is 11.2. The summed E-state index contributed by atoms with van der Waals surface area (Å²) >= 11 is 5.88. The van der Waals surface area contributed by atoms with Crippen LogP contribution in [0.3, 0.4) is 0 Å². The van der Waals surface area contributed by atoms with Crippen LogP contribution in [0.2, 0.25) is 0 Å². The Morgan fingerprint density at radius 3 is 2.73 bits per heavy atom. The highest BCUT2D eigenvalue weighted by atomic mass is 35.5. The highest BCUT2D eigenvalue weighted by Gasteiger charge is 2.37. The molecule has 1 fully saturated rings. The molecule has 0 N–H and O–H groups in total. The summed E-state index contributed by atoms with van der Waals surface area (Å²) in [7, 11) is 1.48. The summed E-state index contributed by atoms with van der Waals surface area (Å²) in [6.07, 6.45) is -0.678. The number of methoxy groups -OCH3 is 1. The molecule has 0 unspecified atom stereocenters. The number of esters is 1. The number of carbonyl (C=O) groups is 1. The molecule has 0 saturated carbocycles. The molecular formula is C9H12ClNO4. The summed E-state index contributed by atoms with van der Waals surface area (Å²) in [5.74, 6) is -0.523. The van der Waals surface area contributed by atoms with E-state index in [1.54, 1.807) is 0 Å². The molecule has 84 valence electrons. The summed E-state index contributed by atoms with van der Waals surface area (Å²) in [4.78, 5) is 13.2. The Morgan fingerprint density at radius 2 is 2.13 bits per heavy atom. The Balaban J connectivity index is 2.19. The number of rotatable bonds is 2. The lowest BCUT2D eigenvalue weighted by Crippen LogP contribution is -2.39. The van der Waals surface area contributed by atoms with E-state index in [-0.39, 0.29) is 5.03 Å². The summed E-state index contributed by atoms with van der Waals surface area (Å²) in [6.45, 7) is 2.64. The first-order valence-corrected chi connectivity index (χ1v) is 5.08. The molecule has 6 heteroatoms. The van der Waals surface area contributed by atoms with E-state index in [0.29, 0.717) is 32.0 Å². The maximum absolute atomic E-state index is 11.2. The van der Waals surface area contributed by atoms with Crippen LogP contribution in [0.4, 0.5) is 0 Å². The Kier molecular flexibility index (Phi) is 3.14. The van der Waals surface area contributed by atoms with Crippen molar-refractivity contribution in [1.82, 2.24) is 4.90 Å². The van der Waals surface area contributed by atoms with Crippen LogP contribution in [-0.4, -0.2) is 50.6 Å². The topological polar surface area (TPSA) is 48.0 Å². The van der Waals surface area contributed by atoms with Gasteiger partial charge >= 0.3 is 5.97 Å². The lowest BCUT2D eigenvalue weighted by atomic mass is 10.3. The van der Waals surface area contributed by atoms with Crippen LogP contribution in [0.25, 0.3) is 0 Å². The van der Waals surface area contributed by atoms with E-state index in [0.717, 1.165) is 0 Å². The first-order valence-electron chi connectivity index (χ1n) is 4.70. The van der Waals surface area contributed by atoms with Crippen molar-refractivity contribution >= 4 is 17.6 Å². The average Bonchev–Trinajstić information content (AvgIpc) is 2.56. The van der Waals surface area contributed by atoms with E-state index < -0.39 is 12.3 Å². The molecule has 2 rings (SSSR count). The summed E-state index contributed by atoms with van der Waals surface area (Å²) in [5, 5.41) is 0.115. The average molecular weight is 234 g/mol. The van der Waals surface area contributed by atoms with E-state index in [2.05, 4.69) is 0 Å². The number of halogens is 1. The zero-order valence-corrected chi connectivity index (χ0v) is 9.12. The highest BCUT2D eigenvalue weighted by molar-refractivity contribution is 6.42. The molecule has 1 atom stereocenters. The standard InChI is InChI=1S/C9H12ClNO4/c1-13-9-7(6(10)8(12)15-9)11-2-4-14-5-3-11/h9H,2-5H2,1H3/t9-/m0/s1. The minimum atomic E-state index is -0.678. The van der Waals surface area contributed by atoms with Crippen molar-refractivity contribution in [2.75, 3.05) is 33.4 Å². The second-order valence-corrected chi connectivity index (χ2v) is 3.65. The zero-order valence-electron chi connectivity index (χ0n) is 8.36. The van der Waals surface area contributed by atoms with Crippen LogP contribution in [0.15, 0.2) is 10.7 Å². The van der Waals surface area contributed by atoms with Gasteiger partial charge in [0.15, 0.2) is 5.03 Å². The monoisotopic (exact) mass is 233 g/mol. The SMILES string of the molecule is CO[C@H]1OC(=O)C(Cl)=C1N1CCOCC1. The number of hydrogen-bond acceptors (Lipinski definition) is 5. The van der Waals surface area contributed by atoms with Gasteiger partial charge < -0.3 is 19.1 Å². The molecule has 0 aromatic heterocycles.